The molecule has 0 aromatic heterocycles. The summed E-state index contributed by atoms with van der Waals surface area (Å²) in [6.45, 7) is 1.57. The smallest absolute Gasteiger partial charge is 0.352 e. The molecule has 0 aliphatic heterocycles. The number of carboxylic acids is 1. The topological polar surface area (TPSA) is 72.5 Å². The molecular formula is C4H8ClNO3. The highest BCUT2D eigenvalue weighted by Crippen LogP contribution is 2.09. The molecule has 1 unspecified atom stereocenters. The Labute approximate surface area is 57.7 Å². The van der Waals surface area contributed by atoms with Crippen molar-refractivity contribution in [2.45, 2.75) is 19.1 Å². The van der Waals surface area contributed by atoms with Crippen LogP contribution in [0.4, 0.5) is 0 Å². The standard InChI is InChI=1S/C4H8ClNO3/c1-2-4(6,9-5)3(7)8/h2,6H2,1H3,(H,7,8). The van der Waals surface area contributed by atoms with Gasteiger partial charge in [0.1, 0.15) is 0 Å². The molecule has 0 saturated heterocycles. The van der Waals surface area contributed by atoms with Gasteiger partial charge < -0.3 is 5.11 Å². The summed E-state index contributed by atoms with van der Waals surface area (Å²) in [7, 11) is 0. The number of halogens is 1. The van der Waals surface area contributed by atoms with Gasteiger partial charge in [0.05, 0.1) is 11.9 Å². The predicted octanol–water partition coefficient (Wildman–Crippen LogP) is 0.306. The van der Waals surface area contributed by atoms with Gasteiger partial charge in [-0.3, -0.25) is 5.73 Å². The van der Waals surface area contributed by atoms with Crippen molar-refractivity contribution in [2.75, 3.05) is 0 Å². The number of aliphatic carboxylic acids is 1. The van der Waals surface area contributed by atoms with Gasteiger partial charge in [-0.05, 0) is 6.42 Å². The quantitative estimate of drug-likeness (QED) is 0.573. The van der Waals surface area contributed by atoms with Gasteiger partial charge in [-0.15, -0.1) is 0 Å². The molecule has 0 aromatic rings. The van der Waals surface area contributed by atoms with Gasteiger partial charge in [0.15, 0.2) is 0 Å². The highest BCUT2D eigenvalue weighted by Gasteiger charge is 2.32. The Morgan fingerprint density at radius 1 is 2.00 bits per heavy atom. The summed E-state index contributed by atoms with van der Waals surface area (Å²) >= 11 is 4.80. The third-order valence-electron chi connectivity index (χ3n) is 1.02. The molecule has 0 spiro atoms. The molecule has 0 fully saturated rings. The van der Waals surface area contributed by atoms with E-state index in [0.717, 1.165) is 0 Å². The van der Waals surface area contributed by atoms with Gasteiger partial charge in [-0.2, -0.15) is 0 Å². The van der Waals surface area contributed by atoms with Crippen molar-refractivity contribution in [1.29, 1.82) is 0 Å². The van der Waals surface area contributed by atoms with Crippen molar-refractivity contribution in [3.8, 4) is 0 Å². The van der Waals surface area contributed by atoms with Crippen LogP contribution in [0.5, 0.6) is 0 Å². The number of nitrogens with two attached hydrogens (primary N) is 1. The highest BCUT2D eigenvalue weighted by atomic mass is 35.5. The first-order valence-electron chi connectivity index (χ1n) is 2.39. The Kier molecular flexibility index (Phi) is 2.90. The highest BCUT2D eigenvalue weighted by molar-refractivity contribution is 6.08. The maximum Gasteiger partial charge on any atom is 0.352 e. The Hall–Kier alpha value is -0.320. The van der Waals surface area contributed by atoms with Crippen LogP contribution in [-0.2, 0) is 9.08 Å². The molecule has 1 atom stereocenters. The van der Waals surface area contributed by atoms with Crippen LogP contribution in [0.15, 0.2) is 0 Å². The minimum Gasteiger partial charge on any atom is -0.478 e. The van der Waals surface area contributed by atoms with Crippen LogP contribution in [0.25, 0.3) is 0 Å². The van der Waals surface area contributed by atoms with E-state index in [9.17, 15) is 4.79 Å². The monoisotopic (exact) mass is 153 g/mol. The first kappa shape index (κ1) is 8.68. The Morgan fingerprint density at radius 3 is 2.44 bits per heavy atom. The molecule has 0 aromatic carbocycles. The van der Waals surface area contributed by atoms with Crippen molar-refractivity contribution < 1.29 is 14.2 Å². The van der Waals surface area contributed by atoms with Gasteiger partial charge in [-0.1, -0.05) is 6.92 Å². The zero-order valence-electron chi connectivity index (χ0n) is 4.93. The lowest BCUT2D eigenvalue weighted by Gasteiger charge is -2.17. The Morgan fingerprint density at radius 2 is 2.44 bits per heavy atom. The SMILES string of the molecule is CCC(N)(OCl)C(=O)O. The fourth-order valence-corrected chi connectivity index (χ4v) is 0.414. The first-order valence-corrected chi connectivity index (χ1v) is 2.69. The predicted molar refractivity (Wildman–Crippen MR) is 31.8 cm³/mol. The van der Waals surface area contributed by atoms with Crippen LogP contribution in [0.1, 0.15) is 13.3 Å². The van der Waals surface area contributed by atoms with E-state index in [4.69, 9.17) is 22.7 Å². The molecule has 0 amide bonds. The molecule has 54 valence electrons. The normalized spacial score (nSPS) is 16.8. The third-order valence-corrected chi connectivity index (χ3v) is 1.30. The molecular weight excluding hydrogens is 146 g/mol. The average molecular weight is 154 g/mol. The van der Waals surface area contributed by atoms with E-state index in [1.165, 1.54) is 0 Å². The minimum absolute atomic E-state index is 0.131. The van der Waals surface area contributed by atoms with Crippen LogP contribution < -0.4 is 5.73 Å². The fourth-order valence-electron chi connectivity index (χ4n) is 0.239. The largest absolute Gasteiger partial charge is 0.478 e. The van der Waals surface area contributed by atoms with Crippen molar-refractivity contribution in [3.05, 3.63) is 0 Å². The summed E-state index contributed by atoms with van der Waals surface area (Å²) in [5.74, 6) is -1.26. The number of hydrogen-bond acceptors (Lipinski definition) is 3. The van der Waals surface area contributed by atoms with Crippen molar-refractivity contribution in [1.82, 2.24) is 0 Å². The van der Waals surface area contributed by atoms with Crippen LogP contribution in [0.3, 0.4) is 0 Å². The fraction of sp³-hybridized carbons (Fsp3) is 0.750. The van der Waals surface area contributed by atoms with E-state index < -0.39 is 11.7 Å². The zero-order chi connectivity index (χ0) is 7.49. The third kappa shape index (κ3) is 1.82. The molecule has 0 aliphatic carbocycles. The van der Waals surface area contributed by atoms with E-state index >= 15 is 0 Å². The molecule has 0 rings (SSSR count). The lowest BCUT2D eigenvalue weighted by molar-refractivity contribution is -0.154. The molecule has 0 heterocycles. The van der Waals surface area contributed by atoms with E-state index in [2.05, 4.69) is 4.29 Å². The zero-order valence-corrected chi connectivity index (χ0v) is 5.68. The molecule has 3 N–H and O–H groups in total. The molecule has 4 nitrogen and oxygen atoms in total. The maximum atomic E-state index is 10.1. The maximum absolute atomic E-state index is 10.1. The van der Waals surface area contributed by atoms with Gasteiger partial charge in [0.2, 0.25) is 5.72 Å². The summed E-state index contributed by atoms with van der Waals surface area (Å²) in [5, 5.41) is 8.30. The number of carbonyl (C=O) groups is 1. The van der Waals surface area contributed by atoms with E-state index in [0.29, 0.717) is 0 Å². The summed E-state index contributed by atoms with van der Waals surface area (Å²) < 4.78 is 4.00. The second-order valence-corrected chi connectivity index (χ2v) is 1.78. The van der Waals surface area contributed by atoms with Crippen LogP contribution in [0.2, 0.25) is 0 Å². The summed E-state index contributed by atoms with van der Waals surface area (Å²) in [6.07, 6.45) is 0.131. The second-order valence-electron chi connectivity index (χ2n) is 1.63. The first-order chi connectivity index (χ1) is 4.06. The molecule has 0 bridgehead atoms. The van der Waals surface area contributed by atoms with Gasteiger partial charge in [0, 0.05) is 0 Å². The summed E-state index contributed by atoms with van der Waals surface area (Å²) in [6, 6.07) is 0. The number of rotatable bonds is 3. The number of hydrogen-bond donors (Lipinski definition) is 2. The average Bonchev–Trinajstić information content (AvgIpc) is 1.86. The van der Waals surface area contributed by atoms with Crippen LogP contribution in [-0.4, -0.2) is 16.8 Å². The molecule has 5 heteroatoms. The number of carboxylic acid groups (broad SMARTS) is 1. The molecule has 0 radical (unpaired) electrons. The van der Waals surface area contributed by atoms with Gasteiger partial charge in [-0.25, -0.2) is 9.08 Å². The van der Waals surface area contributed by atoms with Crippen LogP contribution >= 0.6 is 11.9 Å². The summed E-state index contributed by atoms with van der Waals surface area (Å²) in [5.41, 5.74) is 3.35. The molecule has 9 heavy (non-hydrogen) atoms. The second kappa shape index (κ2) is 3.00. The summed E-state index contributed by atoms with van der Waals surface area (Å²) in [4.78, 5) is 10.1. The van der Waals surface area contributed by atoms with Gasteiger partial charge in [0.25, 0.3) is 0 Å². The lowest BCUT2D eigenvalue weighted by atomic mass is 10.2. The van der Waals surface area contributed by atoms with Crippen LogP contribution in [0, 0.1) is 0 Å². The van der Waals surface area contributed by atoms with Crippen molar-refractivity contribution in [2.24, 2.45) is 5.73 Å². The van der Waals surface area contributed by atoms with E-state index in [1.54, 1.807) is 6.92 Å². The van der Waals surface area contributed by atoms with Crippen molar-refractivity contribution in [3.63, 3.8) is 0 Å². The van der Waals surface area contributed by atoms with Gasteiger partial charge >= 0.3 is 5.97 Å². The Balaban J connectivity index is 4.09. The Bertz CT molecular complexity index is 112. The minimum atomic E-state index is -1.73. The molecule has 0 saturated carbocycles. The molecule has 0 aliphatic rings. The van der Waals surface area contributed by atoms with E-state index in [1.807, 2.05) is 0 Å². The van der Waals surface area contributed by atoms with Crippen molar-refractivity contribution >= 4 is 17.8 Å². The lowest BCUT2D eigenvalue weighted by Crippen LogP contribution is -2.47. The van der Waals surface area contributed by atoms with E-state index in [-0.39, 0.29) is 6.42 Å².